The van der Waals surface area contributed by atoms with Crippen molar-refractivity contribution < 1.29 is 4.79 Å². The number of hydrogen-bond acceptors (Lipinski definition) is 3. The molecule has 1 aromatic heterocycles. The van der Waals surface area contributed by atoms with E-state index in [4.69, 9.17) is 23.2 Å². The molecule has 0 aliphatic carbocycles. The van der Waals surface area contributed by atoms with Crippen LogP contribution in [0, 0.1) is 0 Å². The molecule has 5 heteroatoms. The van der Waals surface area contributed by atoms with Crippen LogP contribution in [-0.2, 0) is 0 Å². The number of carbonyl (C=O) groups excluding carboxylic acids is 1. The highest BCUT2D eigenvalue weighted by Crippen LogP contribution is 2.27. The quantitative estimate of drug-likeness (QED) is 0.771. The van der Waals surface area contributed by atoms with Gasteiger partial charge in [0.2, 0.25) is 0 Å². The third-order valence-corrected chi connectivity index (χ3v) is 2.46. The van der Waals surface area contributed by atoms with Crippen LogP contribution in [0.15, 0.2) is 30.7 Å². The summed E-state index contributed by atoms with van der Waals surface area (Å²) >= 11 is 11.8. The fourth-order valence-corrected chi connectivity index (χ4v) is 1.89. The van der Waals surface area contributed by atoms with Crippen LogP contribution >= 0.6 is 23.2 Å². The van der Waals surface area contributed by atoms with Crippen LogP contribution in [0.25, 0.3) is 11.1 Å². The van der Waals surface area contributed by atoms with Gasteiger partial charge in [0.15, 0.2) is 6.29 Å². The predicted octanol–water partition coefficient (Wildman–Crippen LogP) is 3.26. The molecule has 0 atom stereocenters. The lowest BCUT2D eigenvalue weighted by molar-refractivity contribution is 0.111. The van der Waals surface area contributed by atoms with E-state index in [-0.39, 0.29) is 0 Å². The zero-order valence-corrected chi connectivity index (χ0v) is 9.53. The summed E-state index contributed by atoms with van der Waals surface area (Å²) in [5.41, 5.74) is 1.65. The molecule has 0 aliphatic rings. The normalized spacial score (nSPS) is 10.1. The summed E-state index contributed by atoms with van der Waals surface area (Å²) in [6, 6.07) is 5.04. The Hall–Kier alpha value is -1.45. The van der Waals surface area contributed by atoms with E-state index in [2.05, 4.69) is 9.97 Å². The first-order chi connectivity index (χ1) is 7.70. The lowest BCUT2D eigenvalue weighted by Gasteiger charge is -2.04. The molecule has 0 bridgehead atoms. The fraction of sp³-hybridized carbons (Fsp3) is 0. The van der Waals surface area contributed by atoms with Gasteiger partial charge in [-0.25, -0.2) is 9.97 Å². The van der Waals surface area contributed by atoms with E-state index in [0.29, 0.717) is 27.6 Å². The minimum Gasteiger partial charge on any atom is -0.296 e. The SMILES string of the molecule is O=Cc1ncncc1-c1cc(Cl)cc(Cl)c1. The molecule has 1 heterocycles. The van der Waals surface area contributed by atoms with Gasteiger partial charge >= 0.3 is 0 Å². The van der Waals surface area contributed by atoms with Crippen molar-refractivity contribution in [2.24, 2.45) is 0 Å². The number of carbonyl (C=O) groups is 1. The van der Waals surface area contributed by atoms with Crippen LogP contribution in [0.5, 0.6) is 0 Å². The van der Waals surface area contributed by atoms with Crippen molar-refractivity contribution in [2.45, 2.75) is 0 Å². The van der Waals surface area contributed by atoms with Gasteiger partial charge in [-0.05, 0) is 23.8 Å². The maximum absolute atomic E-state index is 10.8. The van der Waals surface area contributed by atoms with Crippen LogP contribution in [0.4, 0.5) is 0 Å². The van der Waals surface area contributed by atoms with E-state index in [9.17, 15) is 4.79 Å². The van der Waals surface area contributed by atoms with E-state index in [1.54, 1.807) is 24.4 Å². The van der Waals surface area contributed by atoms with Crippen molar-refractivity contribution in [3.8, 4) is 11.1 Å². The van der Waals surface area contributed by atoms with Gasteiger partial charge in [-0.1, -0.05) is 23.2 Å². The molecule has 2 rings (SSSR count). The lowest BCUT2D eigenvalue weighted by atomic mass is 10.1. The standard InChI is InChI=1S/C11H6Cl2N2O/c12-8-1-7(2-9(13)3-8)10-4-14-6-15-11(10)5-16/h1-6H. The molecule has 2 aromatic rings. The average molecular weight is 253 g/mol. The first kappa shape index (κ1) is 11.0. The van der Waals surface area contributed by atoms with E-state index in [1.807, 2.05) is 0 Å². The third kappa shape index (κ3) is 2.21. The van der Waals surface area contributed by atoms with Crippen molar-refractivity contribution in [3.63, 3.8) is 0 Å². The molecule has 3 nitrogen and oxygen atoms in total. The van der Waals surface area contributed by atoms with Crippen LogP contribution in [0.3, 0.4) is 0 Å². The van der Waals surface area contributed by atoms with Crippen molar-refractivity contribution >= 4 is 29.5 Å². The van der Waals surface area contributed by atoms with Crippen molar-refractivity contribution in [2.75, 3.05) is 0 Å². The average Bonchev–Trinajstić information content (AvgIpc) is 2.27. The zero-order chi connectivity index (χ0) is 11.5. The molecule has 1 aromatic carbocycles. The van der Waals surface area contributed by atoms with E-state index < -0.39 is 0 Å². The number of rotatable bonds is 2. The molecule has 0 saturated heterocycles. The number of hydrogen-bond donors (Lipinski definition) is 0. The molecule has 0 spiro atoms. The minimum absolute atomic E-state index is 0.313. The number of aromatic nitrogens is 2. The molecule has 80 valence electrons. The second-order valence-corrected chi connectivity index (χ2v) is 3.97. The Morgan fingerprint density at radius 2 is 1.81 bits per heavy atom. The van der Waals surface area contributed by atoms with Crippen LogP contribution in [-0.4, -0.2) is 16.3 Å². The summed E-state index contributed by atoms with van der Waals surface area (Å²) in [5, 5.41) is 1.01. The van der Waals surface area contributed by atoms with Crippen molar-refractivity contribution in [1.29, 1.82) is 0 Å². The molecule has 0 radical (unpaired) electrons. The first-order valence-electron chi connectivity index (χ1n) is 4.42. The summed E-state index contributed by atoms with van der Waals surface area (Å²) < 4.78 is 0. The second-order valence-electron chi connectivity index (χ2n) is 3.10. The summed E-state index contributed by atoms with van der Waals surface area (Å²) in [7, 11) is 0. The highest BCUT2D eigenvalue weighted by molar-refractivity contribution is 6.35. The van der Waals surface area contributed by atoms with E-state index in [1.165, 1.54) is 6.33 Å². The maximum Gasteiger partial charge on any atom is 0.169 e. The largest absolute Gasteiger partial charge is 0.296 e. The summed E-state index contributed by atoms with van der Waals surface area (Å²) in [4.78, 5) is 18.6. The maximum atomic E-state index is 10.8. The van der Waals surface area contributed by atoms with Crippen LogP contribution in [0.1, 0.15) is 10.5 Å². The lowest BCUT2D eigenvalue weighted by Crippen LogP contribution is -1.93. The predicted molar refractivity (Wildman–Crippen MR) is 62.9 cm³/mol. The second kappa shape index (κ2) is 4.60. The topological polar surface area (TPSA) is 42.9 Å². The molecule has 0 aliphatic heterocycles. The fourth-order valence-electron chi connectivity index (χ4n) is 1.36. The van der Waals surface area contributed by atoms with E-state index >= 15 is 0 Å². The van der Waals surface area contributed by atoms with Gasteiger partial charge in [-0.2, -0.15) is 0 Å². The molecular weight excluding hydrogens is 247 g/mol. The number of halogens is 2. The Morgan fingerprint density at radius 1 is 1.12 bits per heavy atom. The Morgan fingerprint density at radius 3 is 2.44 bits per heavy atom. The van der Waals surface area contributed by atoms with Gasteiger partial charge in [-0.15, -0.1) is 0 Å². The van der Waals surface area contributed by atoms with Crippen LogP contribution < -0.4 is 0 Å². The minimum atomic E-state index is 0.313. The molecular formula is C11H6Cl2N2O. The van der Waals surface area contributed by atoms with Gasteiger partial charge in [0.25, 0.3) is 0 Å². The summed E-state index contributed by atoms with van der Waals surface area (Å²) in [6.45, 7) is 0. The van der Waals surface area contributed by atoms with Gasteiger partial charge < -0.3 is 0 Å². The third-order valence-electron chi connectivity index (χ3n) is 2.03. The Bertz CT molecular complexity index is 523. The number of aldehydes is 1. The monoisotopic (exact) mass is 252 g/mol. The Labute approximate surface area is 102 Å². The highest BCUT2D eigenvalue weighted by Gasteiger charge is 2.07. The van der Waals surface area contributed by atoms with Gasteiger partial charge in [0.1, 0.15) is 12.0 Å². The zero-order valence-electron chi connectivity index (χ0n) is 8.02. The number of nitrogens with zero attached hydrogens (tertiary/aromatic N) is 2. The highest BCUT2D eigenvalue weighted by atomic mass is 35.5. The number of benzene rings is 1. The van der Waals surface area contributed by atoms with Crippen molar-refractivity contribution in [3.05, 3.63) is 46.5 Å². The molecule has 0 unspecified atom stereocenters. The molecule has 0 amide bonds. The van der Waals surface area contributed by atoms with Crippen LogP contribution in [0.2, 0.25) is 10.0 Å². The Balaban J connectivity index is 2.62. The van der Waals surface area contributed by atoms with Gasteiger partial charge in [0, 0.05) is 21.8 Å². The molecule has 16 heavy (non-hydrogen) atoms. The van der Waals surface area contributed by atoms with Gasteiger partial charge in [-0.3, -0.25) is 4.79 Å². The van der Waals surface area contributed by atoms with Gasteiger partial charge in [0.05, 0.1) is 0 Å². The Kier molecular flexibility index (Phi) is 3.17. The van der Waals surface area contributed by atoms with Crippen molar-refractivity contribution in [1.82, 2.24) is 9.97 Å². The molecule has 0 N–H and O–H groups in total. The van der Waals surface area contributed by atoms with E-state index in [0.717, 1.165) is 5.56 Å². The summed E-state index contributed by atoms with van der Waals surface area (Å²) in [6.07, 6.45) is 3.55. The molecule has 0 saturated carbocycles. The summed E-state index contributed by atoms with van der Waals surface area (Å²) in [5.74, 6) is 0. The smallest absolute Gasteiger partial charge is 0.169 e. The first-order valence-corrected chi connectivity index (χ1v) is 5.18. The molecule has 0 fully saturated rings.